The third kappa shape index (κ3) is 1.98. The highest BCUT2D eigenvalue weighted by atomic mass is 16.3. The molecule has 0 aromatic carbocycles. The van der Waals surface area contributed by atoms with Crippen LogP contribution in [0.5, 0.6) is 0 Å². The maximum absolute atomic E-state index is 12.7. The van der Waals surface area contributed by atoms with Crippen LogP contribution in [0.25, 0.3) is 0 Å². The van der Waals surface area contributed by atoms with Crippen LogP contribution in [0.1, 0.15) is 61.6 Å². The number of H-pyrrole nitrogens is 1. The lowest BCUT2D eigenvalue weighted by atomic mass is 9.99. The number of aromatic nitrogens is 2. The van der Waals surface area contributed by atoms with Gasteiger partial charge in [0, 0.05) is 12.1 Å². The zero-order chi connectivity index (χ0) is 14.4. The predicted molar refractivity (Wildman–Crippen MR) is 75.3 cm³/mol. The monoisotopic (exact) mass is 278 g/mol. The summed E-state index contributed by atoms with van der Waals surface area (Å²) in [6.45, 7) is 4.03. The summed E-state index contributed by atoms with van der Waals surface area (Å²) < 4.78 is 0. The maximum Gasteiger partial charge on any atom is 0.277 e. The third-order valence-electron chi connectivity index (χ3n) is 4.56. The molecule has 6 nitrogen and oxygen atoms in total. The van der Waals surface area contributed by atoms with Crippen LogP contribution in [0.3, 0.4) is 0 Å². The van der Waals surface area contributed by atoms with Gasteiger partial charge in [-0.15, -0.1) is 0 Å². The van der Waals surface area contributed by atoms with Crippen molar-refractivity contribution in [3.05, 3.63) is 11.4 Å². The number of piperidine rings is 1. The van der Waals surface area contributed by atoms with Crippen molar-refractivity contribution in [3.8, 4) is 0 Å². The number of rotatable bonds is 2. The molecule has 1 aromatic rings. The third-order valence-corrected chi connectivity index (χ3v) is 4.56. The minimum atomic E-state index is -0.278. The van der Waals surface area contributed by atoms with E-state index in [0.29, 0.717) is 24.2 Å². The van der Waals surface area contributed by atoms with Crippen molar-refractivity contribution >= 4 is 11.6 Å². The van der Waals surface area contributed by atoms with Gasteiger partial charge in [0.1, 0.15) is 0 Å². The van der Waals surface area contributed by atoms with Gasteiger partial charge in [-0.2, -0.15) is 5.10 Å². The summed E-state index contributed by atoms with van der Waals surface area (Å²) in [7, 11) is 0. The molecule has 1 amide bonds. The topological polar surface area (TPSA) is 95.2 Å². The highest BCUT2D eigenvalue weighted by molar-refractivity contribution is 5.98. The molecule has 2 unspecified atom stereocenters. The summed E-state index contributed by atoms with van der Waals surface area (Å²) >= 11 is 0. The zero-order valence-electron chi connectivity index (χ0n) is 12.0. The van der Waals surface area contributed by atoms with Crippen molar-refractivity contribution in [1.29, 1.82) is 0 Å². The van der Waals surface area contributed by atoms with Crippen LogP contribution in [-0.4, -0.2) is 44.3 Å². The predicted octanol–water partition coefficient (Wildman–Crippen LogP) is 1.24. The van der Waals surface area contributed by atoms with E-state index in [1.165, 1.54) is 0 Å². The quantitative estimate of drug-likeness (QED) is 0.758. The largest absolute Gasteiger partial charge is 0.395 e. The number of nitrogens with two attached hydrogens (primary N) is 1. The summed E-state index contributed by atoms with van der Waals surface area (Å²) in [4.78, 5) is 14.6. The van der Waals surface area contributed by atoms with Crippen LogP contribution < -0.4 is 5.73 Å². The van der Waals surface area contributed by atoms with E-state index in [2.05, 4.69) is 10.2 Å². The molecule has 0 saturated carbocycles. The Labute approximate surface area is 118 Å². The summed E-state index contributed by atoms with van der Waals surface area (Å²) in [6, 6.07) is 0.268. The first-order chi connectivity index (χ1) is 9.49. The number of aromatic amines is 1. The molecule has 3 heterocycles. The molecule has 0 radical (unpaired) electrons. The molecule has 2 aliphatic heterocycles. The molecule has 2 atom stereocenters. The van der Waals surface area contributed by atoms with E-state index >= 15 is 0 Å². The first-order valence-electron chi connectivity index (χ1n) is 7.33. The van der Waals surface area contributed by atoms with Crippen molar-refractivity contribution in [2.45, 2.75) is 63.6 Å². The number of aliphatic hydroxyl groups excluding tert-OH is 1. The normalized spacial score (nSPS) is 29.2. The molecule has 20 heavy (non-hydrogen) atoms. The van der Waals surface area contributed by atoms with Crippen molar-refractivity contribution in [3.63, 3.8) is 0 Å². The lowest BCUT2D eigenvalue weighted by molar-refractivity contribution is 0.0283. The van der Waals surface area contributed by atoms with Gasteiger partial charge in [0.2, 0.25) is 0 Å². The van der Waals surface area contributed by atoms with Gasteiger partial charge < -0.3 is 15.7 Å². The van der Waals surface area contributed by atoms with Gasteiger partial charge >= 0.3 is 0 Å². The first-order valence-corrected chi connectivity index (χ1v) is 7.33. The lowest BCUT2D eigenvalue weighted by Gasteiger charge is -2.36. The fourth-order valence-electron chi connectivity index (χ4n) is 3.57. The smallest absolute Gasteiger partial charge is 0.277 e. The highest BCUT2D eigenvalue weighted by Crippen LogP contribution is 2.37. The van der Waals surface area contributed by atoms with Gasteiger partial charge in [0.05, 0.1) is 17.5 Å². The number of nitrogens with one attached hydrogen (secondary N) is 1. The molecule has 2 bridgehead atoms. The number of nitrogens with zero attached hydrogens (tertiary/aromatic N) is 2. The Morgan fingerprint density at radius 2 is 2.00 bits per heavy atom. The van der Waals surface area contributed by atoms with E-state index in [-0.39, 0.29) is 30.0 Å². The second-order valence-electron chi connectivity index (χ2n) is 6.28. The minimum absolute atomic E-state index is 0.0925. The number of hydrogen-bond acceptors (Lipinski definition) is 4. The van der Waals surface area contributed by atoms with Crippen molar-refractivity contribution in [2.75, 3.05) is 5.73 Å². The lowest BCUT2D eigenvalue weighted by Crippen LogP contribution is -2.48. The second-order valence-corrected chi connectivity index (χ2v) is 6.28. The summed E-state index contributed by atoms with van der Waals surface area (Å²) in [6.07, 6.45) is 3.00. The molecular weight excluding hydrogens is 256 g/mol. The molecular formula is C14H22N4O2. The van der Waals surface area contributed by atoms with E-state index in [9.17, 15) is 9.90 Å². The van der Waals surface area contributed by atoms with E-state index in [4.69, 9.17) is 5.73 Å². The van der Waals surface area contributed by atoms with Crippen LogP contribution in [0, 0.1) is 0 Å². The number of fused-ring (bicyclic) bond motifs is 2. The Morgan fingerprint density at radius 3 is 2.50 bits per heavy atom. The number of amides is 1. The molecule has 4 N–H and O–H groups in total. The summed E-state index contributed by atoms with van der Waals surface area (Å²) in [5, 5.41) is 16.8. The van der Waals surface area contributed by atoms with E-state index in [1.54, 1.807) is 0 Å². The maximum atomic E-state index is 12.7. The standard InChI is InChI=1S/C14H22N4O2/c1-7(2)12-11(15)13(17-16-12)14(20)18-8-3-4-9(18)6-10(19)5-8/h7-10,19H,3-6,15H2,1-2H3,(H,16,17). The van der Waals surface area contributed by atoms with Gasteiger partial charge in [-0.05, 0) is 31.6 Å². The Kier molecular flexibility index (Phi) is 3.20. The Hall–Kier alpha value is -1.56. The Bertz CT molecular complexity index is 511. The molecule has 3 rings (SSSR count). The molecule has 0 aliphatic carbocycles. The minimum Gasteiger partial charge on any atom is -0.395 e. The Morgan fingerprint density at radius 1 is 1.40 bits per heavy atom. The first kappa shape index (κ1) is 13.4. The summed E-state index contributed by atoms with van der Waals surface area (Å²) in [5.74, 6) is 0.119. The van der Waals surface area contributed by atoms with Gasteiger partial charge in [0.15, 0.2) is 5.69 Å². The van der Waals surface area contributed by atoms with Crippen LogP contribution in [0.2, 0.25) is 0 Å². The van der Waals surface area contributed by atoms with E-state index in [0.717, 1.165) is 18.5 Å². The number of carbonyl (C=O) groups is 1. The zero-order valence-corrected chi connectivity index (χ0v) is 12.0. The fraction of sp³-hybridized carbons (Fsp3) is 0.714. The molecule has 6 heteroatoms. The van der Waals surface area contributed by atoms with Crippen LogP contribution in [-0.2, 0) is 0 Å². The number of anilines is 1. The van der Waals surface area contributed by atoms with Gasteiger partial charge in [-0.3, -0.25) is 9.89 Å². The van der Waals surface area contributed by atoms with Gasteiger partial charge in [0.25, 0.3) is 5.91 Å². The molecule has 0 spiro atoms. The SMILES string of the molecule is CC(C)c1[nH]nc(C(=O)N2C3CCC2CC(O)C3)c1N. The average Bonchev–Trinajstić information content (AvgIpc) is 2.88. The van der Waals surface area contributed by atoms with Crippen LogP contribution >= 0.6 is 0 Å². The summed E-state index contributed by atoms with van der Waals surface area (Å²) in [5.41, 5.74) is 7.68. The number of aliphatic hydroxyl groups is 1. The number of nitrogen functional groups attached to an aromatic ring is 1. The molecule has 2 aliphatic rings. The number of carbonyl (C=O) groups excluding carboxylic acids is 1. The van der Waals surface area contributed by atoms with Crippen molar-refractivity contribution in [1.82, 2.24) is 15.1 Å². The van der Waals surface area contributed by atoms with E-state index in [1.807, 2.05) is 18.7 Å². The van der Waals surface area contributed by atoms with Gasteiger partial charge in [-0.1, -0.05) is 13.8 Å². The number of hydrogen-bond donors (Lipinski definition) is 3. The molecule has 1 aromatic heterocycles. The average molecular weight is 278 g/mol. The second kappa shape index (κ2) is 4.77. The molecule has 2 fully saturated rings. The van der Waals surface area contributed by atoms with Gasteiger partial charge in [-0.25, -0.2) is 0 Å². The highest BCUT2D eigenvalue weighted by Gasteiger charge is 2.44. The van der Waals surface area contributed by atoms with E-state index < -0.39 is 0 Å². The van der Waals surface area contributed by atoms with Crippen molar-refractivity contribution < 1.29 is 9.90 Å². The van der Waals surface area contributed by atoms with Crippen LogP contribution in [0.4, 0.5) is 5.69 Å². The molecule has 110 valence electrons. The van der Waals surface area contributed by atoms with Crippen molar-refractivity contribution in [2.24, 2.45) is 0 Å². The fourth-order valence-corrected chi connectivity index (χ4v) is 3.57. The molecule has 2 saturated heterocycles. The van der Waals surface area contributed by atoms with Crippen LogP contribution in [0.15, 0.2) is 0 Å². The Balaban J connectivity index is 1.87.